The van der Waals surface area contributed by atoms with Crippen molar-refractivity contribution in [3.8, 4) is 0 Å². The Morgan fingerprint density at radius 3 is 1.86 bits per heavy atom. The van der Waals surface area contributed by atoms with Gasteiger partial charge in [0.15, 0.2) is 0 Å². The third-order valence-electron chi connectivity index (χ3n) is 0.308. The van der Waals surface area contributed by atoms with Gasteiger partial charge < -0.3 is 0 Å². The molecule has 0 aliphatic carbocycles. The van der Waals surface area contributed by atoms with Crippen LogP contribution < -0.4 is 0 Å². The zero-order valence-corrected chi connectivity index (χ0v) is 6.32. The predicted octanol–water partition coefficient (Wildman–Crippen LogP) is 3.00. The molecule has 0 aromatic carbocycles. The Morgan fingerprint density at radius 1 is 1.71 bits per heavy atom. The van der Waals surface area contributed by atoms with Crippen molar-refractivity contribution in [3.63, 3.8) is 0 Å². The third kappa shape index (κ3) is 3.32. The number of allylic oxidation sites excluding steroid dienone is 1. The van der Waals surface area contributed by atoms with Crippen molar-refractivity contribution in [1.29, 1.82) is 0 Å². The summed E-state index contributed by atoms with van der Waals surface area (Å²) in [6.45, 7) is 3.10. The number of alkyl halides is 3. The minimum absolute atomic E-state index is 0.0802. The lowest BCUT2D eigenvalue weighted by Gasteiger charge is -2.03. The van der Waals surface area contributed by atoms with Gasteiger partial charge in [0.25, 0.3) is 4.59 Å². The molecule has 4 heteroatoms. The van der Waals surface area contributed by atoms with E-state index in [1.54, 1.807) is 0 Å². The van der Waals surface area contributed by atoms with Gasteiger partial charge in [-0.3, -0.25) is 0 Å². The van der Waals surface area contributed by atoms with Gasteiger partial charge in [-0.05, 0) is 15.9 Å². The molecule has 0 unspecified atom stereocenters. The van der Waals surface area contributed by atoms with Gasteiger partial charge in [-0.2, -0.15) is 0 Å². The van der Waals surface area contributed by atoms with Crippen molar-refractivity contribution >= 4 is 39.1 Å². The Morgan fingerprint density at radius 2 is 1.86 bits per heavy atom. The number of hydrogen-bond acceptors (Lipinski definition) is 0. The van der Waals surface area contributed by atoms with Gasteiger partial charge in [0.05, 0.1) is 4.48 Å². The summed E-state index contributed by atoms with van der Waals surface area (Å²) in [5, 5.41) is 0. The highest BCUT2D eigenvalue weighted by Gasteiger charge is 2.23. The standard InChI is InChI=1S/C3H2BrCl2F/c1-2(4)3(5,6)7/h1H2. The molecule has 0 N–H and O–H groups in total. The van der Waals surface area contributed by atoms with Crippen LogP contribution in [0.2, 0.25) is 0 Å². The Labute approximate surface area is 59.4 Å². The van der Waals surface area contributed by atoms with Crippen molar-refractivity contribution in [2.75, 3.05) is 0 Å². The second kappa shape index (κ2) is 2.33. The van der Waals surface area contributed by atoms with Crippen molar-refractivity contribution in [1.82, 2.24) is 0 Å². The first-order chi connectivity index (χ1) is 2.94. The molecular formula is C3H2BrCl2F. The molecule has 0 aromatic rings. The summed E-state index contributed by atoms with van der Waals surface area (Å²) in [5.74, 6) is 0. The number of hydrogen-bond donors (Lipinski definition) is 0. The van der Waals surface area contributed by atoms with Crippen LogP contribution in [0.5, 0.6) is 0 Å². The Hall–Kier alpha value is 0.730. The van der Waals surface area contributed by atoms with E-state index < -0.39 is 4.59 Å². The molecule has 0 rings (SSSR count). The molecule has 42 valence electrons. The number of halogens is 4. The van der Waals surface area contributed by atoms with E-state index in [-0.39, 0.29) is 4.48 Å². The first kappa shape index (κ1) is 7.73. The maximum Gasteiger partial charge on any atom is 0.289 e. The highest BCUT2D eigenvalue weighted by atomic mass is 79.9. The van der Waals surface area contributed by atoms with Crippen LogP contribution in [0.1, 0.15) is 0 Å². The lowest BCUT2D eigenvalue weighted by atomic mass is 10.7. The van der Waals surface area contributed by atoms with Crippen LogP contribution in [0, 0.1) is 0 Å². The fraction of sp³-hybridized carbons (Fsp3) is 0.333. The van der Waals surface area contributed by atoms with Crippen molar-refractivity contribution in [3.05, 3.63) is 11.1 Å². The first-order valence-electron chi connectivity index (χ1n) is 1.36. The van der Waals surface area contributed by atoms with Crippen LogP contribution >= 0.6 is 39.1 Å². The average Bonchev–Trinajstić information content (AvgIpc) is 1.31. The number of rotatable bonds is 1. The molecule has 0 aliphatic rings. The van der Waals surface area contributed by atoms with Gasteiger partial charge in [-0.15, -0.1) is 0 Å². The molecular weight excluding hydrogens is 206 g/mol. The lowest BCUT2D eigenvalue weighted by molar-refractivity contribution is 0.460. The van der Waals surface area contributed by atoms with E-state index in [1.165, 1.54) is 0 Å². The maximum atomic E-state index is 11.9. The van der Waals surface area contributed by atoms with E-state index in [2.05, 4.69) is 22.5 Å². The van der Waals surface area contributed by atoms with E-state index >= 15 is 0 Å². The normalized spacial score (nSPS) is 11.4. The molecule has 0 aromatic heterocycles. The molecule has 0 radical (unpaired) electrons. The molecule has 0 spiro atoms. The van der Waals surface area contributed by atoms with Gasteiger partial charge in [-0.1, -0.05) is 29.8 Å². The van der Waals surface area contributed by atoms with Crippen molar-refractivity contribution < 1.29 is 4.39 Å². The fourth-order valence-corrected chi connectivity index (χ4v) is 0. The van der Waals surface area contributed by atoms with Crippen LogP contribution in [0.15, 0.2) is 11.1 Å². The summed E-state index contributed by atoms with van der Waals surface area (Å²) >= 11 is 12.3. The van der Waals surface area contributed by atoms with Gasteiger partial charge in [0.2, 0.25) is 0 Å². The largest absolute Gasteiger partial charge is 0.289 e. The first-order valence-corrected chi connectivity index (χ1v) is 2.91. The topological polar surface area (TPSA) is 0 Å². The summed E-state index contributed by atoms with van der Waals surface area (Å²) in [5.41, 5.74) is 0. The van der Waals surface area contributed by atoms with E-state index in [4.69, 9.17) is 23.2 Å². The van der Waals surface area contributed by atoms with Crippen LogP contribution in [-0.2, 0) is 0 Å². The van der Waals surface area contributed by atoms with Crippen LogP contribution in [-0.4, -0.2) is 4.59 Å². The van der Waals surface area contributed by atoms with E-state index in [0.29, 0.717) is 0 Å². The molecule has 0 nitrogen and oxygen atoms in total. The summed E-state index contributed by atoms with van der Waals surface area (Å²) in [6.07, 6.45) is 0. The Kier molecular flexibility index (Phi) is 2.58. The fourth-order valence-electron chi connectivity index (χ4n) is 0. The average molecular weight is 208 g/mol. The molecule has 0 bridgehead atoms. The van der Waals surface area contributed by atoms with Gasteiger partial charge in [0.1, 0.15) is 0 Å². The zero-order valence-electron chi connectivity index (χ0n) is 3.22. The van der Waals surface area contributed by atoms with Gasteiger partial charge in [0, 0.05) is 0 Å². The summed E-state index contributed by atoms with van der Waals surface area (Å²) in [7, 11) is 0. The molecule has 0 fully saturated rings. The van der Waals surface area contributed by atoms with E-state index in [0.717, 1.165) is 0 Å². The SMILES string of the molecule is C=C(Br)C(F)(Cl)Cl. The zero-order chi connectivity index (χ0) is 6.08. The molecule has 0 saturated heterocycles. The maximum absolute atomic E-state index is 11.9. The smallest absolute Gasteiger partial charge is 0.202 e. The van der Waals surface area contributed by atoms with Crippen molar-refractivity contribution in [2.24, 2.45) is 0 Å². The minimum Gasteiger partial charge on any atom is -0.202 e. The summed E-state index contributed by atoms with van der Waals surface area (Å²) in [6, 6.07) is 0. The van der Waals surface area contributed by atoms with Gasteiger partial charge in [-0.25, -0.2) is 4.39 Å². The van der Waals surface area contributed by atoms with Crippen LogP contribution in [0.3, 0.4) is 0 Å². The monoisotopic (exact) mass is 206 g/mol. The van der Waals surface area contributed by atoms with E-state index in [9.17, 15) is 4.39 Å². The second-order valence-corrected chi connectivity index (χ2v) is 3.09. The highest BCUT2D eigenvalue weighted by Crippen LogP contribution is 2.33. The molecule has 0 atom stereocenters. The van der Waals surface area contributed by atoms with Crippen LogP contribution in [0.25, 0.3) is 0 Å². The Balaban J connectivity index is 3.79. The van der Waals surface area contributed by atoms with Crippen molar-refractivity contribution in [2.45, 2.75) is 4.59 Å². The minimum atomic E-state index is -2.33. The lowest BCUT2D eigenvalue weighted by Crippen LogP contribution is -2.00. The second-order valence-electron chi connectivity index (χ2n) is 0.903. The molecule has 7 heavy (non-hydrogen) atoms. The molecule has 0 heterocycles. The van der Waals surface area contributed by atoms with Crippen LogP contribution in [0.4, 0.5) is 4.39 Å². The summed E-state index contributed by atoms with van der Waals surface area (Å²) in [4.78, 5) is 0. The molecule has 0 amide bonds. The van der Waals surface area contributed by atoms with Gasteiger partial charge >= 0.3 is 0 Å². The molecule has 0 aliphatic heterocycles. The quantitative estimate of drug-likeness (QED) is 0.581. The predicted molar refractivity (Wildman–Crippen MR) is 33.6 cm³/mol. The van der Waals surface area contributed by atoms with E-state index in [1.807, 2.05) is 0 Å². The third-order valence-corrected chi connectivity index (χ3v) is 1.77. The highest BCUT2D eigenvalue weighted by molar-refractivity contribution is 9.11. The summed E-state index contributed by atoms with van der Waals surface area (Å²) < 4.78 is 9.48. The Bertz CT molecular complexity index is 85.4. The molecule has 0 saturated carbocycles.